The summed E-state index contributed by atoms with van der Waals surface area (Å²) in [5.41, 5.74) is 1.33. The van der Waals surface area contributed by atoms with Gasteiger partial charge in [0.2, 0.25) is 5.91 Å². The number of anilines is 1. The van der Waals surface area contributed by atoms with Crippen molar-refractivity contribution in [1.29, 1.82) is 0 Å². The Kier molecular flexibility index (Phi) is 7.15. The summed E-state index contributed by atoms with van der Waals surface area (Å²) in [7, 11) is 0. The molecule has 0 saturated carbocycles. The molecule has 0 fully saturated rings. The summed E-state index contributed by atoms with van der Waals surface area (Å²) in [6.45, 7) is 0.445. The van der Waals surface area contributed by atoms with Gasteiger partial charge in [0.1, 0.15) is 0 Å². The highest BCUT2D eigenvalue weighted by atomic mass is 35.5. The molecular formula is C18H19ClN2O2S. The fourth-order valence-corrected chi connectivity index (χ4v) is 2.59. The second-order valence-corrected chi connectivity index (χ2v) is 6.46. The van der Waals surface area contributed by atoms with Crippen LogP contribution in [0.3, 0.4) is 0 Å². The molecule has 0 atom stereocenters. The lowest BCUT2D eigenvalue weighted by Gasteiger charge is -2.07. The molecule has 4 nitrogen and oxygen atoms in total. The van der Waals surface area contributed by atoms with Gasteiger partial charge in [0, 0.05) is 34.1 Å². The van der Waals surface area contributed by atoms with E-state index < -0.39 is 0 Å². The first-order valence-electron chi connectivity index (χ1n) is 7.56. The van der Waals surface area contributed by atoms with Crippen molar-refractivity contribution in [3.05, 3.63) is 59.1 Å². The van der Waals surface area contributed by atoms with Gasteiger partial charge in [0.25, 0.3) is 5.91 Å². The maximum Gasteiger partial charge on any atom is 0.251 e. The van der Waals surface area contributed by atoms with Gasteiger partial charge in [-0.1, -0.05) is 11.6 Å². The summed E-state index contributed by atoms with van der Waals surface area (Å²) in [6, 6.07) is 14.4. The van der Waals surface area contributed by atoms with Crippen LogP contribution in [-0.2, 0) is 4.79 Å². The van der Waals surface area contributed by atoms with Crippen LogP contribution in [0.15, 0.2) is 53.4 Å². The molecule has 0 radical (unpaired) electrons. The summed E-state index contributed by atoms with van der Waals surface area (Å²) in [6.07, 6.45) is 2.94. The van der Waals surface area contributed by atoms with Crippen molar-refractivity contribution in [2.24, 2.45) is 0 Å². The predicted octanol–water partition coefficient (Wildman–Crippen LogP) is 4.21. The molecule has 2 rings (SSSR count). The summed E-state index contributed by atoms with van der Waals surface area (Å²) in [5.74, 6) is -0.229. The summed E-state index contributed by atoms with van der Waals surface area (Å²) < 4.78 is 0. The third kappa shape index (κ3) is 5.91. The Balaban J connectivity index is 1.68. The van der Waals surface area contributed by atoms with Crippen LogP contribution in [0.2, 0.25) is 5.02 Å². The van der Waals surface area contributed by atoms with E-state index in [9.17, 15) is 9.59 Å². The van der Waals surface area contributed by atoms with E-state index in [2.05, 4.69) is 10.6 Å². The Morgan fingerprint density at radius 2 is 1.71 bits per heavy atom. The Labute approximate surface area is 151 Å². The number of hydrogen-bond donors (Lipinski definition) is 2. The summed E-state index contributed by atoms with van der Waals surface area (Å²) in [4.78, 5) is 24.9. The minimum atomic E-state index is -0.167. The van der Waals surface area contributed by atoms with Crippen LogP contribution in [0.1, 0.15) is 23.2 Å². The zero-order valence-corrected chi connectivity index (χ0v) is 14.9. The number of nitrogens with one attached hydrogen (secondary N) is 2. The van der Waals surface area contributed by atoms with Gasteiger partial charge in [-0.3, -0.25) is 9.59 Å². The highest BCUT2D eigenvalue weighted by molar-refractivity contribution is 7.98. The Hall–Kier alpha value is -1.98. The van der Waals surface area contributed by atoms with Crippen molar-refractivity contribution in [2.45, 2.75) is 17.7 Å². The summed E-state index contributed by atoms with van der Waals surface area (Å²) >= 11 is 7.44. The van der Waals surface area contributed by atoms with Crippen LogP contribution in [0, 0.1) is 0 Å². The molecule has 2 aromatic carbocycles. The number of carbonyl (C=O) groups excluding carboxylic acids is 2. The first-order chi connectivity index (χ1) is 11.6. The van der Waals surface area contributed by atoms with E-state index in [1.165, 1.54) is 0 Å². The molecule has 2 N–H and O–H groups in total. The SMILES string of the molecule is CSc1ccc(NC(=O)CCCNC(=O)c2ccc(Cl)cc2)cc1. The first kappa shape index (κ1) is 18.4. The average Bonchev–Trinajstić information content (AvgIpc) is 2.60. The van der Waals surface area contributed by atoms with Gasteiger partial charge in [0.15, 0.2) is 0 Å². The number of benzene rings is 2. The number of rotatable bonds is 7. The maximum atomic E-state index is 11.9. The lowest BCUT2D eigenvalue weighted by molar-refractivity contribution is -0.116. The minimum absolute atomic E-state index is 0.0624. The molecule has 0 aliphatic rings. The second kappa shape index (κ2) is 9.35. The van der Waals surface area contributed by atoms with Gasteiger partial charge in [-0.2, -0.15) is 0 Å². The highest BCUT2D eigenvalue weighted by Gasteiger charge is 2.06. The number of hydrogen-bond acceptors (Lipinski definition) is 3. The van der Waals surface area contributed by atoms with Gasteiger partial charge < -0.3 is 10.6 Å². The van der Waals surface area contributed by atoms with E-state index in [0.29, 0.717) is 30.0 Å². The maximum absolute atomic E-state index is 11.9. The first-order valence-corrected chi connectivity index (χ1v) is 9.16. The van der Waals surface area contributed by atoms with Crippen molar-refractivity contribution < 1.29 is 9.59 Å². The number of amides is 2. The molecule has 0 unspecified atom stereocenters. The van der Waals surface area contributed by atoms with E-state index in [0.717, 1.165) is 10.6 Å². The Morgan fingerprint density at radius 3 is 2.33 bits per heavy atom. The lowest BCUT2D eigenvalue weighted by atomic mass is 10.2. The van der Waals surface area contributed by atoms with E-state index >= 15 is 0 Å². The fourth-order valence-electron chi connectivity index (χ4n) is 2.05. The number of carbonyl (C=O) groups is 2. The van der Waals surface area contributed by atoms with Crippen LogP contribution in [0.4, 0.5) is 5.69 Å². The normalized spacial score (nSPS) is 10.2. The van der Waals surface area contributed by atoms with Gasteiger partial charge >= 0.3 is 0 Å². The number of thioether (sulfide) groups is 1. The molecule has 24 heavy (non-hydrogen) atoms. The van der Waals surface area contributed by atoms with E-state index in [1.807, 2.05) is 30.5 Å². The zero-order valence-electron chi connectivity index (χ0n) is 13.3. The third-order valence-electron chi connectivity index (χ3n) is 3.35. The van der Waals surface area contributed by atoms with E-state index in [4.69, 9.17) is 11.6 Å². The van der Waals surface area contributed by atoms with Crippen LogP contribution < -0.4 is 10.6 Å². The second-order valence-electron chi connectivity index (χ2n) is 5.14. The molecule has 0 heterocycles. The Morgan fingerprint density at radius 1 is 1.04 bits per heavy atom. The number of halogens is 1. The molecule has 6 heteroatoms. The van der Waals surface area contributed by atoms with Gasteiger partial charge in [-0.05, 0) is 61.2 Å². The standard InChI is InChI=1S/C18H19ClN2O2S/c1-24-16-10-8-15(9-11-16)21-17(22)3-2-12-20-18(23)13-4-6-14(19)7-5-13/h4-11H,2-3,12H2,1H3,(H,20,23)(H,21,22). The smallest absolute Gasteiger partial charge is 0.251 e. The largest absolute Gasteiger partial charge is 0.352 e. The van der Waals surface area contributed by atoms with Crippen LogP contribution in [-0.4, -0.2) is 24.6 Å². The molecular weight excluding hydrogens is 344 g/mol. The van der Waals surface area contributed by atoms with Gasteiger partial charge in [-0.15, -0.1) is 11.8 Å². The molecule has 2 aromatic rings. The predicted molar refractivity (Wildman–Crippen MR) is 99.9 cm³/mol. The molecule has 0 aliphatic heterocycles. The van der Waals surface area contributed by atoms with Gasteiger partial charge in [-0.25, -0.2) is 0 Å². The zero-order chi connectivity index (χ0) is 17.4. The molecule has 0 bridgehead atoms. The minimum Gasteiger partial charge on any atom is -0.352 e. The van der Waals surface area contributed by atoms with Crippen molar-refractivity contribution in [3.8, 4) is 0 Å². The van der Waals surface area contributed by atoms with Crippen molar-refractivity contribution in [1.82, 2.24) is 5.32 Å². The third-order valence-corrected chi connectivity index (χ3v) is 4.34. The highest BCUT2D eigenvalue weighted by Crippen LogP contribution is 2.17. The molecule has 0 saturated heterocycles. The summed E-state index contributed by atoms with van der Waals surface area (Å²) in [5, 5.41) is 6.22. The Bertz CT molecular complexity index is 687. The van der Waals surface area contributed by atoms with Crippen LogP contribution in [0.5, 0.6) is 0 Å². The quantitative estimate of drug-likeness (QED) is 0.573. The van der Waals surface area contributed by atoms with Gasteiger partial charge in [0.05, 0.1) is 0 Å². The lowest BCUT2D eigenvalue weighted by Crippen LogP contribution is -2.25. The molecule has 2 amide bonds. The molecule has 0 spiro atoms. The van der Waals surface area contributed by atoms with Crippen LogP contribution in [0.25, 0.3) is 0 Å². The van der Waals surface area contributed by atoms with Crippen molar-refractivity contribution in [3.63, 3.8) is 0 Å². The monoisotopic (exact) mass is 362 g/mol. The molecule has 0 aromatic heterocycles. The molecule has 0 aliphatic carbocycles. The van der Waals surface area contributed by atoms with Crippen molar-refractivity contribution >= 4 is 40.9 Å². The average molecular weight is 363 g/mol. The van der Waals surface area contributed by atoms with Crippen LogP contribution >= 0.6 is 23.4 Å². The van der Waals surface area contributed by atoms with Crippen molar-refractivity contribution in [2.75, 3.05) is 18.1 Å². The fraction of sp³-hybridized carbons (Fsp3) is 0.222. The topological polar surface area (TPSA) is 58.2 Å². The van der Waals surface area contributed by atoms with E-state index in [1.54, 1.807) is 36.0 Å². The molecule has 126 valence electrons. The van der Waals surface area contributed by atoms with E-state index in [-0.39, 0.29) is 11.8 Å².